The number of methoxy groups -OCH3 is 1. The van der Waals surface area contributed by atoms with Crippen molar-refractivity contribution in [3.8, 4) is 16.9 Å². The zero-order valence-electron chi connectivity index (χ0n) is 15.6. The lowest BCUT2D eigenvalue weighted by Gasteiger charge is -2.36. The van der Waals surface area contributed by atoms with Gasteiger partial charge in [0.15, 0.2) is 0 Å². The highest BCUT2D eigenvalue weighted by atomic mass is 16.5. The topological polar surface area (TPSA) is 37.4 Å². The molecule has 1 fully saturated rings. The molecule has 0 aliphatic carbocycles. The second-order valence-electron chi connectivity index (χ2n) is 6.87. The maximum atomic E-state index is 5.49. The van der Waals surface area contributed by atoms with Crippen molar-refractivity contribution in [3.63, 3.8) is 0 Å². The largest absolute Gasteiger partial charge is 0.496 e. The predicted molar refractivity (Wildman–Crippen MR) is 109 cm³/mol. The van der Waals surface area contributed by atoms with Crippen LogP contribution in [0.4, 0.5) is 0 Å². The van der Waals surface area contributed by atoms with Crippen LogP contribution in [0.5, 0.6) is 5.75 Å². The highest BCUT2D eigenvalue weighted by Gasteiger charge is 2.23. The van der Waals surface area contributed by atoms with E-state index in [1.165, 1.54) is 16.7 Å². The summed E-state index contributed by atoms with van der Waals surface area (Å²) in [5.74, 6) is 0.906. The summed E-state index contributed by atoms with van der Waals surface area (Å²) in [5, 5.41) is 3.51. The summed E-state index contributed by atoms with van der Waals surface area (Å²) in [6.07, 6.45) is 3.82. The number of rotatable bonds is 5. The lowest BCUT2D eigenvalue weighted by atomic mass is 10.0. The van der Waals surface area contributed by atoms with Gasteiger partial charge in [-0.15, -0.1) is 0 Å². The van der Waals surface area contributed by atoms with Crippen molar-refractivity contribution < 1.29 is 4.74 Å². The highest BCUT2D eigenvalue weighted by Crippen LogP contribution is 2.30. The molecule has 1 unspecified atom stereocenters. The fourth-order valence-electron chi connectivity index (χ4n) is 3.74. The maximum absolute atomic E-state index is 5.49. The number of piperazine rings is 1. The van der Waals surface area contributed by atoms with Gasteiger partial charge in [-0.05, 0) is 28.8 Å². The fraction of sp³-hybridized carbons (Fsp3) is 0.261. The number of hydrogen-bond donors (Lipinski definition) is 1. The molecule has 1 aliphatic heterocycles. The van der Waals surface area contributed by atoms with E-state index in [1.54, 1.807) is 7.11 Å². The number of aromatic nitrogens is 1. The van der Waals surface area contributed by atoms with Crippen LogP contribution in [0.2, 0.25) is 0 Å². The first-order chi connectivity index (χ1) is 13.3. The highest BCUT2D eigenvalue weighted by molar-refractivity contribution is 5.70. The zero-order chi connectivity index (χ0) is 18.5. The smallest absolute Gasteiger partial charge is 0.126 e. The maximum Gasteiger partial charge on any atom is 0.126 e. The molecular weight excluding hydrogens is 334 g/mol. The lowest BCUT2D eigenvalue weighted by molar-refractivity contribution is 0.153. The molecule has 4 rings (SSSR count). The fourth-order valence-corrected chi connectivity index (χ4v) is 3.74. The number of nitrogens with one attached hydrogen (secondary N) is 1. The molecule has 1 saturated heterocycles. The van der Waals surface area contributed by atoms with Gasteiger partial charge in [-0.3, -0.25) is 9.88 Å². The van der Waals surface area contributed by atoms with Crippen molar-refractivity contribution in [1.29, 1.82) is 0 Å². The van der Waals surface area contributed by atoms with Crippen LogP contribution in [-0.4, -0.2) is 36.6 Å². The van der Waals surface area contributed by atoms with Gasteiger partial charge in [-0.2, -0.15) is 0 Å². The van der Waals surface area contributed by atoms with Gasteiger partial charge in [0.05, 0.1) is 7.11 Å². The molecule has 27 heavy (non-hydrogen) atoms. The second-order valence-corrected chi connectivity index (χ2v) is 6.87. The van der Waals surface area contributed by atoms with Crippen LogP contribution in [0.3, 0.4) is 0 Å². The van der Waals surface area contributed by atoms with E-state index in [9.17, 15) is 0 Å². The standard InChI is InChI=1S/C23H25N3O/c1-27-23-7-3-2-6-21(23)19-10-8-18(9-11-19)17-26-14-13-25-16-22(26)20-5-4-12-24-15-20/h2-12,15,22,25H,13-14,16-17H2,1H3. The first-order valence-electron chi connectivity index (χ1n) is 9.42. The van der Waals surface area contributed by atoms with Crippen LogP contribution in [0.1, 0.15) is 17.2 Å². The lowest BCUT2D eigenvalue weighted by Crippen LogP contribution is -2.45. The first kappa shape index (κ1) is 17.7. The molecule has 138 valence electrons. The molecule has 2 aromatic carbocycles. The molecule has 0 amide bonds. The van der Waals surface area contributed by atoms with E-state index in [0.717, 1.165) is 37.5 Å². The van der Waals surface area contributed by atoms with Gasteiger partial charge in [0.25, 0.3) is 0 Å². The molecule has 4 heteroatoms. The van der Waals surface area contributed by atoms with Gasteiger partial charge in [-0.1, -0.05) is 48.5 Å². The van der Waals surface area contributed by atoms with Gasteiger partial charge in [0.2, 0.25) is 0 Å². The van der Waals surface area contributed by atoms with Gasteiger partial charge in [0, 0.05) is 50.2 Å². The number of benzene rings is 2. The molecule has 1 aliphatic rings. The minimum absolute atomic E-state index is 0.362. The third kappa shape index (κ3) is 4.02. The summed E-state index contributed by atoms with van der Waals surface area (Å²) in [5.41, 5.74) is 4.90. The van der Waals surface area contributed by atoms with Crippen molar-refractivity contribution in [2.24, 2.45) is 0 Å². The van der Waals surface area contributed by atoms with Crippen LogP contribution < -0.4 is 10.1 Å². The monoisotopic (exact) mass is 359 g/mol. The summed E-state index contributed by atoms with van der Waals surface area (Å²) in [4.78, 5) is 6.83. The molecule has 4 nitrogen and oxygen atoms in total. The summed E-state index contributed by atoms with van der Waals surface area (Å²) in [7, 11) is 1.72. The van der Waals surface area contributed by atoms with Crippen molar-refractivity contribution in [2.75, 3.05) is 26.7 Å². The van der Waals surface area contributed by atoms with E-state index in [0.29, 0.717) is 6.04 Å². The summed E-state index contributed by atoms with van der Waals surface area (Å²) >= 11 is 0. The average molecular weight is 359 g/mol. The molecule has 0 radical (unpaired) electrons. The van der Waals surface area contributed by atoms with Gasteiger partial charge in [0.1, 0.15) is 5.75 Å². The Morgan fingerprint density at radius 1 is 1.07 bits per heavy atom. The van der Waals surface area contributed by atoms with Crippen LogP contribution in [0.25, 0.3) is 11.1 Å². The van der Waals surface area contributed by atoms with E-state index in [1.807, 2.05) is 36.7 Å². The van der Waals surface area contributed by atoms with Gasteiger partial charge >= 0.3 is 0 Å². The van der Waals surface area contributed by atoms with Crippen LogP contribution >= 0.6 is 0 Å². The minimum atomic E-state index is 0.362. The number of ether oxygens (including phenoxy) is 1. The summed E-state index contributed by atoms with van der Waals surface area (Å²) < 4.78 is 5.49. The van der Waals surface area contributed by atoms with E-state index in [2.05, 4.69) is 51.6 Å². The van der Waals surface area contributed by atoms with Crippen molar-refractivity contribution in [2.45, 2.75) is 12.6 Å². The average Bonchev–Trinajstić information content (AvgIpc) is 2.75. The molecule has 0 saturated carbocycles. The Labute approximate surface area is 160 Å². The SMILES string of the molecule is COc1ccccc1-c1ccc(CN2CCNCC2c2cccnc2)cc1. The molecule has 0 spiro atoms. The summed E-state index contributed by atoms with van der Waals surface area (Å²) in [6, 6.07) is 21.5. The first-order valence-corrected chi connectivity index (χ1v) is 9.42. The Kier molecular flexibility index (Phi) is 5.47. The number of hydrogen-bond acceptors (Lipinski definition) is 4. The minimum Gasteiger partial charge on any atom is -0.496 e. The van der Waals surface area contributed by atoms with Gasteiger partial charge < -0.3 is 10.1 Å². The van der Waals surface area contributed by atoms with Crippen LogP contribution in [-0.2, 0) is 6.54 Å². The predicted octanol–water partition coefficient (Wildman–Crippen LogP) is 3.90. The van der Waals surface area contributed by atoms with E-state index in [-0.39, 0.29) is 0 Å². The Balaban J connectivity index is 1.52. The molecule has 3 aromatic rings. The Morgan fingerprint density at radius 3 is 2.70 bits per heavy atom. The van der Waals surface area contributed by atoms with Crippen LogP contribution in [0, 0.1) is 0 Å². The Morgan fingerprint density at radius 2 is 1.93 bits per heavy atom. The van der Waals surface area contributed by atoms with E-state index >= 15 is 0 Å². The number of pyridine rings is 1. The van der Waals surface area contributed by atoms with Crippen molar-refractivity contribution in [3.05, 3.63) is 84.2 Å². The van der Waals surface area contributed by atoms with Crippen LogP contribution in [0.15, 0.2) is 73.1 Å². The van der Waals surface area contributed by atoms with Crippen molar-refractivity contribution >= 4 is 0 Å². The molecule has 2 heterocycles. The van der Waals surface area contributed by atoms with E-state index < -0.39 is 0 Å². The molecular formula is C23H25N3O. The molecule has 1 N–H and O–H groups in total. The third-order valence-corrected chi connectivity index (χ3v) is 5.18. The van der Waals surface area contributed by atoms with Gasteiger partial charge in [-0.25, -0.2) is 0 Å². The quantitative estimate of drug-likeness (QED) is 0.750. The zero-order valence-corrected chi connectivity index (χ0v) is 15.6. The number of nitrogens with zero attached hydrogens (tertiary/aromatic N) is 2. The van der Waals surface area contributed by atoms with E-state index in [4.69, 9.17) is 4.74 Å². The second kappa shape index (κ2) is 8.33. The summed E-state index contributed by atoms with van der Waals surface area (Å²) in [6.45, 7) is 3.96. The molecule has 1 aromatic heterocycles. The third-order valence-electron chi connectivity index (χ3n) is 5.18. The van der Waals surface area contributed by atoms with Crippen molar-refractivity contribution in [1.82, 2.24) is 15.2 Å². The number of para-hydroxylation sites is 1. The normalized spacial score (nSPS) is 17.6. The Hall–Kier alpha value is -2.69. The Bertz CT molecular complexity index is 864. The molecule has 0 bridgehead atoms. The molecule has 1 atom stereocenters.